The van der Waals surface area contributed by atoms with E-state index in [-0.39, 0.29) is 17.8 Å². The van der Waals surface area contributed by atoms with Gasteiger partial charge in [0.15, 0.2) is 0 Å². The predicted molar refractivity (Wildman–Crippen MR) is 88.8 cm³/mol. The number of fused-ring (bicyclic) bond motifs is 1. The van der Waals surface area contributed by atoms with Crippen LogP contribution >= 0.6 is 0 Å². The lowest BCUT2D eigenvalue weighted by Crippen LogP contribution is -2.38. The van der Waals surface area contributed by atoms with Gasteiger partial charge in [-0.05, 0) is 35.4 Å². The zero-order valence-corrected chi connectivity index (χ0v) is 14.1. The number of amides is 1. The summed E-state index contributed by atoms with van der Waals surface area (Å²) in [4.78, 5) is 14.0. The van der Waals surface area contributed by atoms with Crippen molar-refractivity contribution in [2.24, 2.45) is 0 Å². The number of halogens is 3. The Morgan fingerprint density at radius 2 is 1.81 bits per heavy atom. The largest absolute Gasteiger partial charge is 0.573 e. The summed E-state index contributed by atoms with van der Waals surface area (Å²) in [6.07, 6.45) is -4.16. The molecule has 138 valence electrons. The quantitative estimate of drug-likeness (QED) is 0.827. The third kappa shape index (κ3) is 4.54. The molecule has 0 aliphatic carbocycles. The zero-order chi connectivity index (χ0) is 18.7. The Kier molecular flexibility index (Phi) is 5.18. The maximum atomic E-state index is 12.5. The molecular weight excluding hydrogens is 347 g/mol. The molecule has 26 heavy (non-hydrogen) atoms. The van der Waals surface area contributed by atoms with Crippen molar-refractivity contribution in [3.63, 3.8) is 0 Å². The Hall–Kier alpha value is -2.54. The van der Waals surface area contributed by atoms with Crippen molar-refractivity contribution >= 4 is 5.91 Å². The molecule has 1 amide bonds. The molecule has 1 unspecified atom stereocenters. The topological polar surface area (TPSA) is 38.8 Å². The first-order chi connectivity index (χ1) is 12.3. The number of hydrogen-bond acceptors (Lipinski definition) is 3. The maximum Gasteiger partial charge on any atom is 0.573 e. The first kappa shape index (κ1) is 18.3. The summed E-state index contributed by atoms with van der Waals surface area (Å²) in [6.45, 7) is 0.903. The molecule has 0 saturated carbocycles. The highest BCUT2D eigenvalue weighted by atomic mass is 19.4. The van der Waals surface area contributed by atoms with Gasteiger partial charge < -0.3 is 14.4 Å². The van der Waals surface area contributed by atoms with E-state index in [0.29, 0.717) is 25.1 Å². The second-order valence-electron chi connectivity index (χ2n) is 6.16. The average Bonchev–Trinajstić information content (AvgIpc) is 2.60. The second kappa shape index (κ2) is 7.37. The number of rotatable bonds is 4. The van der Waals surface area contributed by atoms with E-state index in [2.05, 4.69) is 4.74 Å². The number of ether oxygens (including phenoxy) is 2. The van der Waals surface area contributed by atoms with Crippen molar-refractivity contribution in [3.05, 3.63) is 65.2 Å². The van der Waals surface area contributed by atoms with E-state index >= 15 is 0 Å². The number of benzene rings is 2. The molecule has 0 radical (unpaired) electrons. The molecule has 2 aromatic carbocycles. The Morgan fingerprint density at radius 3 is 2.46 bits per heavy atom. The normalized spacial score (nSPS) is 16.7. The van der Waals surface area contributed by atoms with E-state index in [1.165, 1.54) is 22.6 Å². The molecule has 2 aromatic rings. The van der Waals surface area contributed by atoms with E-state index < -0.39 is 6.36 Å². The summed E-state index contributed by atoms with van der Waals surface area (Å²) >= 11 is 0. The van der Waals surface area contributed by atoms with E-state index in [9.17, 15) is 18.0 Å². The molecule has 1 heterocycles. The molecule has 7 heteroatoms. The van der Waals surface area contributed by atoms with Crippen molar-refractivity contribution in [1.29, 1.82) is 0 Å². The molecule has 3 rings (SSSR count). The van der Waals surface area contributed by atoms with Crippen LogP contribution in [0.15, 0.2) is 48.5 Å². The molecule has 0 spiro atoms. The fourth-order valence-electron chi connectivity index (χ4n) is 2.93. The Labute approximate surface area is 149 Å². The van der Waals surface area contributed by atoms with Crippen LogP contribution in [0, 0.1) is 0 Å². The molecular formula is C19H18F3NO3. The molecule has 0 aromatic heterocycles. The van der Waals surface area contributed by atoms with Gasteiger partial charge in [-0.3, -0.25) is 4.79 Å². The highest BCUT2D eigenvalue weighted by molar-refractivity contribution is 5.94. The standard InChI is InChI=1S/C19H18F3NO3/c1-23(11-17-10-14-4-2-3-5-15(14)12-25-17)18(24)13-6-8-16(9-7-13)26-19(20,21)22/h2-9,17H,10-12H2,1H3. The predicted octanol–water partition coefficient (Wildman–Crippen LogP) is 3.80. The highest BCUT2D eigenvalue weighted by Gasteiger charge is 2.31. The Balaban J connectivity index is 1.60. The minimum absolute atomic E-state index is 0.119. The van der Waals surface area contributed by atoms with Gasteiger partial charge in [-0.2, -0.15) is 0 Å². The minimum Gasteiger partial charge on any atom is -0.406 e. The summed E-state index contributed by atoms with van der Waals surface area (Å²) in [5.74, 6) is -0.644. The average molecular weight is 365 g/mol. The fraction of sp³-hybridized carbons (Fsp3) is 0.316. The van der Waals surface area contributed by atoms with Crippen LogP contribution in [0.4, 0.5) is 13.2 Å². The third-order valence-corrected chi connectivity index (χ3v) is 4.20. The Bertz CT molecular complexity index is 774. The zero-order valence-electron chi connectivity index (χ0n) is 14.1. The summed E-state index contributed by atoms with van der Waals surface area (Å²) in [7, 11) is 1.65. The van der Waals surface area contributed by atoms with Gasteiger partial charge in [0.05, 0.1) is 12.7 Å². The van der Waals surface area contributed by atoms with Crippen molar-refractivity contribution in [2.75, 3.05) is 13.6 Å². The number of carbonyl (C=O) groups excluding carboxylic acids is 1. The smallest absolute Gasteiger partial charge is 0.406 e. The van der Waals surface area contributed by atoms with Gasteiger partial charge in [-0.25, -0.2) is 0 Å². The monoisotopic (exact) mass is 365 g/mol. The van der Waals surface area contributed by atoms with Crippen LogP contribution in [0.25, 0.3) is 0 Å². The van der Waals surface area contributed by atoms with E-state index in [4.69, 9.17) is 4.74 Å². The van der Waals surface area contributed by atoms with Gasteiger partial charge in [-0.1, -0.05) is 24.3 Å². The van der Waals surface area contributed by atoms with Gasteiger partial charge in [0.1, 0.15) is 5.75 Å². The lowest BCUT2D eigenvalue weighted by atomic mass is 9.99. The SMILES string of the molecule is CN(CC1Cc2ccccc2CO1)C(=O)c1ccc(OC(F)(F)F)cc1. The molecule has 1 aliphatic heterocycles. The minimum atomic E-state index is -4.75. The van der Waals surface area contributed by atoms with Crippen LogP contribution in [-0.4, -0.2) is 36.9 Å². The number of likely N-dealkylation sites (N-methyl/N-ethyl adjacent to an activating group) is 1. The van der Waals surface area contributed by atoms with Crippen LogP contribution in [-0.2, 0) is 17.8 Å². The van der Waals surface area contributed by atoms with E-state index in [1.807, 2.05) is 24.3 Å². The van der Waals surface area contributed by atoms with Gasteiger partial charge in [-0.15, -0.1) is 13.2 Å². The van der Waals surface area contributed by atoms with Crippen LogP contribution in [0.3, 0.4) is 0 Å². The van der Waals surface area contributed by atoms with E-state index in [1.54, 1.807) is 7.05 Å². The fourth-order valence-corrected chi connectivity index (χ4v) is 2.93. The summed E-state index contributed by atoms with van der Waals surface area (Å²) < 4.78 is 46.2. The first-order valence-corrected chi connectivity index (χ1v) is 8.11. The lowest BCUT2D eigenvalue weighted by Gasteiger charge is -2.29. The molecule has 0 N–H and O–H groups in total. The molecule has 0 fully saturated rings. The van der Waals surface area contributed by atoms with Crippen molar-refractivity contribution < 1.29 is 27.4 Å². The molecule has 1 aliphatic rings. The number of hydrogen-bond donors (Lipinski definition) is 0. The summed E-state index contributed by atoms with van der Waals surface area (Å²) in [5.41, 5.74) is 2.65. The van der Waals surface area contributed by atoms with Crippen molar-refractivity contribution in [2.45, 2.75) is 25.5 Å². The second-order valence-corrected chi connectivity index (χ2v) is 6.16. The first-order valence-electron chi connectivity index (χ1n) is 8.11. The maximum absolute atomic E-state index is 12.5. The van der Waals surface area contributed by atoms with E-state index in [0.717, 1.165) is 17.7 Å². The van der Waals surface area contributed by atoms with Crippen molar-refractivity contribution in [1.82, 2.24) is 4.90 Å². The van der Waals surface area contributed by atoms with Gasteiger partial charge >= 0.3 is 6.36 Å². The van der Waals surface area contributed by atoms with Gasteiger partial charge in [0, 0.05) is 25.6 Å². The molecule has 4 nitrogen and oxygen atoms in total. The molecule has 0 saturated heterocycles. The van der Waals surface area contributed by atoms with Crippen LogP contribution in [0.1, 0.15) is 21.5 Å². The molecule has 1 atom stereocenters. The summed E-state index contributed by atoms with van der Waals surface area (Å²) in [6, 6.07) is 12.9. The number of nitrogens with zero attached hydrogens (tertiary/aromatic N) is 1. The number of carbonyl (C=O) groups is 1. The van der Waals surface area contributed by atoms with Gasteiger partial charge in [0.2, 0.25) is 0 Å². The van der Waals surface area contributed by atoms with Crippen LogP contribution in [0.2, 0.25) is 0 Å². The third-order valence-electron chi connectivity index (χ3n) is 4.20. The number of alkyl halides is 3. The van der Waals surface area contributed by atoms with Gasteiger partial charge in [0.25, 0.3) is 5.91 Å². The van der Waals surface area contributed by atoms with Crippen LogP contribution < -0.4 is 4.74 Å². The summed E-state index contributed by atoms with van der Waals surface area (Å²) in [5, 5.41) is 0. The lowest BCUT2D eigenvalue weighted by molar-refractivity contribution is -0.274. The Morgan fingerprint density at radius 1 is 1.15 bits per heavy atom. The van der Waals surface area contributed by atoms with Crippen LogP contribution in [0.5, 0.6) is 5.75 Å². The highest BCUT2D eigenvalue weighted by Crippen LogP contribution is 2.24. The molecule has 0 bridgehead atoms. The van der Waals surface area contributed by atoms with Crippen molar-refractivity contribution in [3.8, 4) is 5.75 Å².